The van der Waals surface area contributed by atoms with Crippen molar-refractivity contribution in [3.63, 3.8) is 0 Å². The lowest BCUT2D eigenvalue weighted by Gasteiger charge is -2.13. The van der Waals surface area contributed by atoms with Gasteiger partial charge in [-0.15, -0.1) is 0 Å². The summed E-state index contributed by atoms with van der Waals surface area (Å²) in [6, 6.07) is 14.2. The molecule has 0 atom stereocenters. The molecule has 0 aliphatic carbocycles. The van der Waals surface area contributed by atoms with E-state index in [9.17, 15) is 16.8 Å². The largest absolute Gasteiger partial charge is 0.396 e. The van der Waals surface area contributed by atoms with E-state index in [-0.39, 0.29) is 13.2 Å². The molecule has 0 heterocycles. The van der Waals surface area contributed by atoms with Gasteiger partial charge < -0.3 is 10.0 Å². The van der Waals surface area contributed by atoms with E-state index in [0.717, 1.165) is 23.6 Å². The smallest absolute Gasteiger partial charge is 0.264 e. The normalized spacial score (nSPS) is 10.4. The van der Waals surface area contributed by atoms with Crippen LogP contribution < -0.4 is 0 Å². The molecule has 2 aromatic rings. The number of benzene rings is 2. The molecule has 38 heavy (non-hydrogen) atoms. The van der Waals surface area contributed by atoms with Crippen molar-refractivity contribution in [3.8, 4) is 0 Å². The van der Waals surface area contributed by atoms with Gasteiger partial charge >= 0.3 is 0 Å². The highest BCUT2D eigenvalue weighted by Crippen LogP contribution is 2.13. The third kappa shape index (κ3) is 25.2. The molecule has 0 unspecified atom stereocenters. The summed E-state index contributed by atoms with van der Waals surface area (Å²) in [4.78, 5) is 8.89. The molecule has 12 heteroatoms. The van der Waals surface area contributed by atoms with Crippen LogP contribution in [0.3, 0.4) is 0 Å². The van der Waals surface area contributed by atoms with Crippen LogP contribution in [0.15, 0.2) is 48.5 Å². The van der Waals surface area contributed by atoms with Crippen molar-refractivity contribution in [2.45, 2.75) is 33.6 Å². The molecule has 2 aromatic carbocycles. The van der Waals surface area contributed by atoms with Crippen molar-refractivity contribution in [2.24, 2.45) is 0 Å². The Kier molecular flexibility index (Phi) is 21.2. The van der Waals surface area contributed by atoms with Gasteiger partial charge in [0.15, 0.2) is 11.4 Å². The molecule has 0 aliphatic rings. The minimum absolute atomic E-state index is 0.135. The Morgan fingerprint density at radius 2 is 1.13 bits per heavy atom. The Labute approximate surface area is 233 Å². The van der Waals surface area contributed by atoms with Crippen molar-refractivity contribution < 1.29 is 26.1 Å². The first kappa shape index (κ1) is 37.6. The molecule has 0 aliphatic heterocycles. The minimum atomic E-state index is -3.36. The van der Waals surface area contributed by atoms with E-state index in [0.29, 0.717) is 24.2 Å². The van der Waals surface area contributed by atoms with Gasteiger partial charge in [0.05, 0.1) is 32.3 Å². The molecule has 1 N–H and O–H groups in total. The Morgan fingerprint density at radius 3 is 1.37 bits per heavy atom. The summed E-state index contributed by atoms with van der Waals surface area (Å²) in [5.74, 6) is 0. The van der Waals surface area contributed by atoms with Gasteiger partial charge in [-0.1, -0.05) is 69.3 Å². The quantitative estimate of drug-likeness (QED) is 0.248. The number of aliphatic hydroxyl groups excluding tert-OH is 1. The van der Waals surface area contributed by atoms with Gasteiger partial charge in [-0.2, -0.15) is 8.42 Å². The van der Waals surface area contributed by atoms with E-state index in [2.05, 4.69) is 50.2 Å². The van der Waals surface area contributed by atoms with Gasteiger partial charge in [0.25, 0.3) is 10.1 Å². The maximum Gasteiger partial charge on any atom is 0.264 e. The number of nitrogens with zero attached hydrogens (tertiary/aromatic N) is 3. The number of aliphatic hydroxyl groups is 1. The van der Waals surface area contributed by atoms with E-state index in [1.54, 1.807) is 36.4 Å². The molecule has 0 aromatic heterocycles. The maximum atomic E-state index is 10.7. The average Bonchev–Trinajstić information content (AvgIpc) is 2.85. The average molecular weight is 588 g/mol. The van der Waals surface area contributed by atoms with E-state index in [4.69, 9.17) is 18.3 Å². The molecule has 0 radical (unpaired) electrons. The summed E-state index contributed by atoms with van der Waals surface area (Å²) >= 11 is 0. The van der Waals surface area contributed by atoms with Crippen molar-refractivity contribution in [2.75, 3.05) is 45.4 Å². The van der Waals surface area contributed by atoms with Crippen molar-refractivity contribution in [1.29, 1.82) is 0 Å². The van der Waals surface area contributed by atoms with Gasteiger partial charge in [0.2, 0.25) is 9.05 Å². The highest BCUT2D eigenvalue weighted by molar-refractivity contribution is 8.13. The number of hydrogen-bond acceptors (Lipinski definition) is 7. The van der Waals surface area contributed by atoms with Crippen molar-refractivity contribution in [3.05, 3.63) is 82.5 Å². The van der Waals surface area contributed by atoms with Crippen LogP contribution in [0.4, 0.5) is 11.4 Å². The Hall–Kier alpha value is -2.51. The van der Waals surface area contributed by atoms with E-state index in [1.165, 1.54) is 19.6 Å². The molecular formula is C26H38ClN3O6S2. The first-order valence-electron chi connectivity index (χ1n) is 11.7. The molecule has 2 rings (SSSR count). The van der Waals surface area contributed by atoms with Gasteiger partial charge in [-0.05, 0) is 43.6 Å². The lowest BCUT2D eigenvalue weighted by atomic mass is 10.1. The second-order valence-corrected chi connectivity index (χ2v) is 12.3. The third-order valence-corrected chi connectivity index (χ3v) is 5.16. The standard InChI is InChI=1S/C10H11NO3S.C9H9NO.C6H15N.CH3ClO2S/c1-11-10-5-3-9(4-6-10)7-8-14-15(2,12)13;1-10-9-4-2-8(3-5-9)6-7-11;1-4-7(5-2)6-3;1-5(2,3)4/h3-6H,7-8H2,2H3;2-5,11H,6-7H2;4-6H2,1-3H3;1H3. The maximum absolute atomic E-state index is 10.7. The lowest BCUT2D eigenvalue weighted by Crippen LogP contribution is -2.21. The monoisotopic (exact) mass is 587 g/mol. The van der Waals surface area contributed by atoms with Crippen LogP contribution in [0.5, 0.6) is 0 Å². The van der Waals surface area contributed by atoms with Crippen molar-refractivity contribution in [1.82, 2.24) is 4.90 Å². The van der Waals surface area contributed by atoms with Gasteiger partial charge in [-0.25, -0.2) is 18.1 Å². The molecule has 0 bridgehead atoms. The van der Waals surface area contributed by atoms with E-state index in [1.807, 2.05) is 12.1 Å². The van der Waals surface area contributed by atoms with Crippen LogP contribution in [0.25, 0.3) is 9.69 Å². The SMILES string of the molecule is CCN(CC)CC.CS(=O)(=O)Cl.[C-]#[N+]c1ccc(CCO)cc1.[C-]#[N+]c1ccc(CCOS(C)(=O)=O)cc1. The van der Waals surface area contributed by atoms with Gasteiger partial charge in [-0.3, -0.25) is 4.18 Å². The fourth-order valence-electron chi connectivity index (χ4n) is 2.59. The Bertz CT molecular complexity index is 1170. The zero-order valence-corrected chi connectivity index (χ0v) is 25.0. The predicted octanol–water partition coefficient (Wildman–Crippen LogP) is 5.06. The fraction of sp³-hybridized carbons (Fsp3) is 0.462. The Balaban J connectivity index is 0. The van der Waals surface area contributed by atoms with Crippen LogP contribution in [0.2, 0.25) is 0 Å². The highest BCUT2D eigenvalue weighted by atomic mass is 35.7. The molecular weight excluding hydrogens is 550 g/mol. The first-order chi connectivity index (χ1) is 17.7. The van der Waals surface area contributed by atoms with Crippen LogP contribution in [0.1, 0.15) is 31.9 Å². The van der Waals surface area contributed by atoms with Gasteiger partial charge in [0, 0.05) is 17.3 Å². The first-order valence-corrected chi connectivity index (χ1v) is 16.3. The van der Waals surface area contributed by atoms with E-state index >= 15 is 0 Å². The molecule has 0 fully saturated rings. The second kappa shape index (κ2) is 21.4. The summed E-state index contributed by atoms with van der Waals surface area (Å²) in [5.41, 5.74) is 3.24. The predicted molar refractivity (Wildman–Crippen MR) is 155 cm³/mol. The third-order valence-electron chi connectivity index (χ3n) is 4.56. The summed E-state index contributed by atoms with van der Waals surface area (Å²) in [6.07, 6.45) is 3.13. The van der Waals surface area contributed by atoms with Crippen LogP contribution in [-0.4, -0.2) is 72.2 Å². The molecule has 9 nitrogen and oxygen atoms in total. The second-order valence-electron chi connectivity index (χ2n) is 7.61. The highest BCUT2D eigenvalue weighted by Gasteiger charge is 2.01. The summed E-state index contributed by atoms with van der Waals surface area (Å²) < 4.78 is 44.7. The zero-order chi connectivity index (χ0) is 29.6. The molecule has 212 valence electrons. The Morgan fingerprint density at radius 1 is 0.789 bits per heavy atom. The van der Waals surface area contributed by atoms with Crippen LogP contribution in [-0.2, 0) is 36.2 Å². The van der Waals surface area contributed by atoms with Crippen molar-refractivity contribution >= 4 is 41.2 Å². The topological polar surface area (TPSA) is 110 Å². The summed E-state index contributed by atoms with van der Waals surface area (Å²) in [6.45, 7) is 23.9. The lowest BCUT2D eigenvalue weighted by molar-refractivity contribution is 0.299. The summed E-state index contributed by atoms with van der Waals surface area (Å²) in [7, 11) is -2.05. The molecule has 0 saturated carbocycles. The van der Waals surface area contributed by atoms with E-state index < -0.39 is 19.2 Å². The van der Waals surface area contributed by atoms with Gasteiger partial charge in [0.1, 0.15) is 0 Å². The molecule has 0 saturated heterocycles. The minimum Gasteiger partial charge on any atom is -0.396 e. The number of hydrogen-bond donors (Lipinski definition) is 1. The number of rotatable bonds is 9. The molecule has 0 amide bonds. The van der Waals surface area contributed by atoms with Crippen LogP contribution >= 0.6 is 10.7 Å². The summed E-state index contributed by atoms with van der Waals surface area (Å²) in [5, 5.41) is 8.59. The van der Waals surface area contributed by atoms with Crippen LogP contribution in [0, 0.1) is 13.1 Å². The fourth-order valence-corrected chi connectivity index (χ4v) is 2.97. The zero-order valence-electron chi connectivity index (χ0n) is 22.6. The molecule has 0 spiro atoms. The number of halogens is 1.